The third-order valence-corrected chi connectivity index (χ3v) is 4.07. The quantitative estimate of drug-likeness (QED) is 0.734. The Balaban J connectivity index is 4.57. The van der Waals surface area contributed by atoms with Gasteiger partial charge in [-0.05, 0) is 45.4 Å². The molecule has 0 bridgehead atoms. The molecular formula is C13H26FNO4S. The highest BCUT2D eigenvalue weighted by Crippen LogP contribution is 2.30. The van der Waals surface area contributed by atoms with Gasteiger partial charge < -0.3 is 10.1 Å². The molecule has 0 aromatic carbocycles. The summed E-state index contributed by atoms with van der Waals surface area (Å²) >= 11 is 0. The number of rotatable bonds is 7. The number of hydrogen-bond acceptors (Lipinski definition) is 4. The van der Waals surface area contributed by atoms with E-state index in [0.717, 1.165) is 0 Å². The molecule has 0 aliphatic carbocycles. The van der Waals surface area contributed by atoms with Gasteiger partial charge in [-0.25, -0.2) is 4.79 Å². The van der Waals surface area contributed by atoms with Crippen molar-refractivity contribution in [1.29, 1.82) is 0 Å². The van der Waals surface area contributed by atoms with Gasteiger partial charge in [-0.15, -0.1) is 3.89 Å². The van der Waals surface area contributed by atoms with Crippen molar-refractivity contribution >= 4 is 16.3 Å². The van der Waals surface area contributed by atoms with Gasteiger partial charge in [0.15, 0.2) is 0 Å². The average molecular weight is 311 g/mol. The molecule has 0 aliphatic heterocycles. The van der Waals surface area contributed by atoms with Crippen LogP contribution < -0.4 is 5.32 Å². The van der Waals surface area contributed by atoms with E-state index in [1.807, 2.05) is 13.8 Å². The van der Waals surface area contributed by atoms with E-state index < -0.39 is 33.1 Å². The van der Waals surface area contributed by atoms with Gasteiger partial charge in [-0.1, -0.05) is 13.8 Å². The van der Waals surface area contributed by atoms with Crippen molar-refractivity contribution in [3.63, 3.8) is 0 Å². The Hall–Kier alpha value is -0.850. The van der Waals surface area contributed by atoms with Gasteiger partial charge in [0, 0.05) is 6.54 Å². The largest absolute Gasteiger partial charge is 0.444 e. The maximum atomic E-state index is 12.7. The highest BCUT2D eigenvalue weighted by molar-refractivity contribution is 7.86. The van der Waals surface area contributed by atoms with Gasteiger partial charge in [-0.2, -0.15) is 8.42 Å². The van der Waals surface area contributed by atoms with Crippen LogP contribution in [0.2, 0.25) is 0 Å². The Bertz CT molecular complexity index is 411. The first kappa shape index (κ1) is 19.1. The molecule has 0 unspecified atom stereocenters. The van der Waals surface area contributed by atoms with Crippen molar-refractivity contribution in [1.82, 2.24) is 5.32 Å². The number of alkyl carbamates (subject to hydrolysis) is 1. The Morgan fingerprint density at radius 1 is 1.20 bits per heavy atom. The third kappa shape index (κ3) is 8.35. The molecule has 20 heavy (non-hydrogen) atoms. The molecule has 120 valence electrons. The molecular weight excluding hydrogens is 285 g/mol. The van der Waals surface area contributed by atoms with Crippen LogP contribution in [0.3, 0.4) is 0 Å². The maximum Gasteiger partial charge on any atom is 0.407 e. The maximum absolute atomic E-state index is 12.7. The fourth-order valence-corrected chi connectivity index (χ4v) is 2.53. The molecule has 0 saturated heterocycles. The smallest absolute Gasteiger partial charge is 0.407 e. The molecule has 0 saturated carbocycles. The monoisotopic (exact) mass is 311 g/mol. The summed E-state index contributed by atoms with van der Waals surface area (Å²) in [6, 6.07) is 0. The fourth-order valence-electron chi connectivity index (χ4n) is 1.85. The molecule has 0 rings (SSSR count). The molecule has 0 aromatic heterocycles. The highest BCUT2D eigenvalue weighted by atomic mass is 32.3. The number of carbonyl (C=O) groups excluding carboxylic acids is 1. The van der Waals surface area contributed by atoms with Crippen molar-refractivity contribution in [3.8, 4) is 0 Å². The first-order chi connectivity index (χ1) is 8.93. The average Bonchev–Trinajstić information content (AvgIpc) is 2.27. The minimum Gasteiger partial charge on any atom is -0.444 e. The zero-order valence-corrected chi connectivity index (χ0v) is 13.8. The Morgan fingerprint density at radius 3 is 2.05 bits per heavy atom. The first-order valence-corrected chi connectivity index (χ1v) is 8.37. The van der Waals surface area contributed by atoms with E-state index in [9.17, 15) is 17.1 Å². The molecule has 0 fully saturated rings. The summed E-state index contributed by atoms with van der Waals surface area (Å²) in [6.45, 7) is 9.33. The molecule has 7 heteroatoms. The predicted octanol–water partition coefficient (Wildman–Crippen LogP) is 3.01. The third-order valence-electron chi connectivity index (χ3n) is 3.38. The second kappa shape index (κ2) is 7.24. The fraction of sp³-hybridized carbons (Fsp3) is 0.923. The lowest BCUT2D eigenvalue weighted by Gasteiger charge is -2.32. The van der Waals surface area contributed by atoms with Crippen LogP contribution in [0.25, 0.3) is 0 Å². The lowest BCUT2D eigenvalue weighted by Crippen LogP contribution is -2.40. The van der Waals surface area contributed by atoms with Gasteiger partial charge in [0.25, 0.3) is 0 Å². The summed E-state index contributed by atoms with van der Waals surface area (Å²) < 4.78 is 39.1. The molecule has 0 aliphatic rings. The summed E-state index contributed by atoms with van der Waals surface area (Å²) in [5.41, 5.74) is -1.02. The van der Waals surface area contributed by atoms with E-state index in [2.05, 4.69) is 5.32 Å². The van der Waals surface area contributed by atoms with E-state index in [0.29, 0.717) is 12.8 Å². The van der Waals surface area contributed by atoms with Gasteiger partial charge in [0.2, 0.25) is 0 Å². The Morgan fingerprint density at radius 2 is 1.70 bits per heavy atom. The van der Waals surface area contributed by atoms with Crippen molar-refractivity contribution in [3.05, 3.63) is 0 Å². The van der Waals surface area contributed by atoms with Crippen LogP contribution in [0.1, 0.15) is 53.9 Å². The van der Waals surface area contributed by atoms with Crippen LogP contribution in [0.15, 0.2) is 0 Å². The summed E-state index contributed by atoms with van der Waals surface area (Å²) in [7, 11) is -4.49. The summed E-state index contributed by atoms with van der Waals surface area (Å²) in [5.74, 6) is -0.523. The minimum atomic E-state index is -4.49. The number of amides is 1. The summed E-state index contributed by atoms with van der Waals surface area (Å²) in [6.07, 6.45) is 0.921. The van der Waals surface area contributed by atoms with Crippen molar-refractivity contribution in [2.45, 2.75) is 59.5 Å². The van der Waals surface area contributed by atoms with E-state index in [4.69, 9.17) is 4.74 Å². The van der Waals surface area contributed by atoms with E-state index >= 15 is 0 Å². The van der Waals surface area contributed by atoms with Crippen molar-refractivity contribution in [2.24, 2.45) is 5.41 Å². The van der Waals surface area contributed by atoms with Crippen LogP contribution in [-0.4, -0.2) is 32.4 Å². The first-order valence-electron chi connectivity index (χ1n) is 6.82. The number of hydrogen-bond donors (Lipinski definition) is 1. The number of halogens is 1. The normalized spacial score (nSPS) is 13.1. The van der Waals surface area contributed by atoms with Gasteiger partial charge in [0.05, 0.1) is 5.75 Å². The lowest BCUT2D eigenvalue weighted by atomic mass is 9.80. The SMILES string of the molecule is CCC(CC)(CCS(=O)(=O)F)CNC(=O)OC(C)(C)C. The molecule has 5 nitrogen and oxygen atoms in total. The van der Waals surface area contributed by atoms with Gasteiger partial charge in [-0.3, -0.25) is 0 Å². The van der Waals surface area contributed by atoms with Crippen molar-refractivity contribution in [2.75, 3.05) is 12.3 Å². The van der Waals surface area contributed by atoms with E-state index in [-0.39, 0.29) is 13.0 Å². The Labute approximate surface area is 121 Å². The zero-order valence-electron chi connectivity index (χ0n) is 13.0. The molecule has 0 atom stereocenters. The van der Waals surface area contributed by atoms with E-state index in [1.54, 1.807) is 20.8 Å². The number of nitrogens with one attached hydrogen (secondary N) is 1. The zero-order chi connectivity index (χ0) is 16.0. The molecule has 1 amide bonds. The highest BCUT2D eigenvalue weighted by Gasteiger charge is 2.29. The molecule has 0 radical (unpaired) electrons. The predicted molar refractivity (Wildman–Crippen MR) is 76.8 cm³/mol. The second-order valence-corrected chi connectivity index (χ2v) is 7.54. The van der Waals surface area contributed by atoms with Gasteiger partial charge >= 0.3 is 16.3 Å². The number of carbonyl (C=O) groups is 1. The lowest BCUT2D eigenvalue weighted by molar-refractivity contribution is 0.0494. The minimum absolute atomic E-state index is 0.175. The van der Waals surface area contributed by atoms with E-state index in [1.165, 1.54) is 0 Å². The molecule has 0 aromatic rings. The summed E-state index contributed by atoms with van der Waals surface area (Å²) in [5, 5.41) is 2.64. The topological polar surface area (TPSA) is 72.5 Å². The van der Waals surface area contributed by atoms with Crippen LogP contribution in [0.5, 0.6) is 0 Å². The van der Waals surface area contributed by atoms with Crippen LogP contribution >= 0.6 is 0 Å². The van der Waals surface area contributed by atoms with Crippen LogP contribution in [0.4, 0.5) is 8.68 Å². The summed E-state index contributed by atoms with van der Waals surface area (Å²) in [4.78, 5) is 11.6. The van der Waals surface area contributed by atoms with Crippen molar-refractivity contribution < 1.29 is 21.8 Å². The van der Waals surface area contributed by atoms with Crippen LogP contribution in [-0.2, 0) is 15.0 Å². The molecule has 1 N–H and O–H groups in total. The molecule has 0 heterocycles. The van der Waals surface area contributed by atoms with Gasteiger partial charge in [0.1, 0.15) is 5.60 Å². The Kier molecular flexibility index (Phi) is 6.93. The standard InChI is InChI=1S/C13H26FNO4S/c1-6-13(7-2,8-9-20(14,17)18)10-15-11(16)19-12(3,4)5/h6-10H2,1-5H3,(H,15,16). The van der Waals surface area contributed by atoms with Crippen LogP contribution in [0, 0.1) is 5.41 Å². The second-order valence-electron chi connectivity index (χ2n) is 6.06. The number of ether oxygens (including phenoxy) is 1. The molecule has 0 spiro atoms.